The van der Waals surface area contributed by atoms with E-state index < -0.39 is 5.97 Å². The zero-order valence-corrected chi connectivity index (χ0v) is 10.4. The lowest BCUT2D eigenvalue weighted by Crippen LogP contribution is -2.34. The summed E-state index contributed by atoms with van der Waals surface area (Å²) >= 11 is 0. The summed E-state index contributed by atoms with van der Waals surface area (Å²) < 4.78 is 0. The molecule has 3 nitrogen and oxygen atoms in total. The average molecular weight is 227 g/mol. The minimum Gasteiger partial charge on any atom is -0.481 e. The molecule has 16 heavy (non-hydrogen) atoms. The third-order valence-corrected chi connectivity index (χ3v) is 3.45. The number of hydrogen-bond acceptors (Lipinski definition) is 2. The molecule has 1 atom stereocenters. The van der Waals surface area contributed by atoms with E-state index in [1.165, 1.54) is 32.1 Å². The maximum atomic E-state index is 10.8. The van der Waals surface area contributed by atoms with Gasteiger partial charge in [-0.15, -0.1) is 0 Å². The van der Waals surface area contributed by atoms with E-state index in [2.05, 4.69) is 12.2 Å². The third-order valence-electron chi connectivity index (χ3n) is 3.45. The quantitative estimate of drug-likeness (QED) is 0.703. The Morgan fingerprint density at radius 3 is 2.62 bits per heavy atom. The molecule has 1 aliphatic rings. The predicted octanol–water partition coefficient (Wildman–Crippen LogP) is 2.80. The minimum atomic E-state index is -0.676. The van der Waals surface area contributed by atoms with Crippen molar-refractivity contribution in [3.05, 3.63) is 0 Å². The molecule has 1 fully saturated rings. The van der Waals surface area contributed by atoms with Crippen molar-refractivity contribution in [2.75, 3.05) is 6.54 Å². The normalized spacial score (nSPS) is 19.6. The van der Waals surface area contributed by atoms with Crippen molar-refractivity contribution >= 4 is 5.97 Å². The SMILES string of the molecule is CCCNC(CC(=O)O)CC1CCCCC1. The van der Waals surface area contributed by atoms with Crippen molar-refractivity contribution in [1.82, 2.24) is 5.32 Å². The summed E-state index contributed by atoms with van der Waals surface area (Å²) in [5.74, 6) is 0.0758. The van der Waals surface area contributed by atoms with E-state index in [9.17, 15) is 4.79 Å². The van der Waals surface area contributed by atoms with Gasteiger partial charge in [0.15, 0.2) is 0 Å². The van der Waals surface area contributed by atoms with Crippen LogP contribution in [0.25, 0.3) is 0 Å². The van der Waals surface area contributed by atoms with E-state index in [1.807, 2.05) is 0 Å². The van der Waals surface area contributed by atoms with Crippen LogP contribution in [0, 0.1) is 5.92 Å². The zero-order valence-electron chi connectivity index (χ0n) is 10.4. The number of aliphatic carboxylic acids is 1. The second-order valence-corrected chi connectivity index (χ2v) is 4.99. The number of carboxylic acid groups (broad SMARTS) is 1. The van der Waals surface area contributed by atoms with E-state index in [1.54, 1.807) is 0 Å². The molecule has 1 unspecified atom stereocenters. The summed E-state index contributed by atoms with van der Waals surface area (Å²) in [5, 5.41) is 12.2. The van der Waals surface area contributed by atoms with Crippen molar-refractivity contribution in [2.45, 2.75) is 64.3 Å². The fourth-order valence-electron chi connectivity index (χ4n) is 2.62. The van der Waals surface area contributed by atoms with Gasteiger partial charge in [-0.25, -0.2) is 0 Å². The van der Waals surface area contributed by atoms with Crippen LogP contribution in [0.4, 0.5) is 0 Å². The lowest BCUT2D eigenvalue weighted by Gasteiger charge is -2.26. The van der Waals surface area contributed by atoms with E-state index in [4.69, 9.17) is 5.11 Å². The molecule has 0 saturated heterocycles. The van der Waals surface area contributed by atoms with Gasteiger partial charge in [0.2, 0.25) is 0 Å². The summed E-state index contributed by atoms with van der Waals surface area (Å²) in [7, 11) is 0. The highest BCUT2D eigenvalue weighted by Gasteiger charge is 2.20. The molecule has 0 amide bonds. The molecular weight excluding hydrogens is 202 g/mol. The monoisotopic (exact) mass is 227 g/mol. The molecule has 3 heteroatoms. The highest BCUT2D eigenvalue weighted by atomic mass is 16.4. The first kappa shape index (κ1) is 13.5. The van der Waals surface area contributed by atoms with Gasteiger partial charge in [0.05, 0.1) is 6.42 Å². The molecular formula is C13H25NO2. The Morgan fingerprint density at radius 1 is 1.38 bits per heavy atom. The largest absolute Gasteiger partial charge is 0.481 e. The number of carboxylic acids is 1. The summed E-state index contributed by atoms with van der Waals surface area (Å²) in [6.45, 7) is 3.05. The second-order valence-electron chi connectivity index (χ2n) is 4.99. The fourth-order valence-corrected chi connectivity index (χ4v) is 2.62. The number of carbonyl (C=O) groups is 1. The standard InChI is InChI=1S/C13H25NO2/c1-2-8-14-12(10-13(15)16)9-11-6-4-3-5-7-11/h11-12,14H,2-10H2,1H3,(H,15,16). The van der Waals surface area contributed by atoms with Crippen molar-refractivity contribution in [2.24, 2.45) is 5.92 Å². The van der Waals surface area contributed by atoms with Crippen molar-refractivity contribution in [3.8, 4) is 0 Å². The van der Waals surface area contributed by atoms with Crippen LogP contribution in [-0.4, -0.2) is 23.7 Å². The molecule has 0 aromatic carbocycles. The van der Waals surface area contributed by atoms with Crippen LogP contribution in [0.1, 0.15) is 58.3 Å². The smallest absolute Gasteiger partial charge is 0.304 e. The Kier molecular flexibility index (Phi) is 6.46. The maximum Gasteiger partial charge on any atom is 0.304 e. The second kappa shape index (κ2) is 7.66. The van der Waals surface area contributed by atoms with E-state index in [0.29, 0.717) is 0 Å². The van der Waals surface area contributed by atoms with Crippen LogP contribution < -0.4 is 5.32 Å². The van der Waals surface area contributed by atoms with Gasteiger partial charge in [-0.3, -0.25) is 4.79 Å². The van der Waals surface area contributed by atoms with E-state index in [-0.39, 0.29) is 12.5 Å². The molecule has 94 valence electrons. The van der Waals surface area contributed by atoms with Gasteiger partial charge in [0.1, 0.15) is 0 Å². The highest BCUT2D eigenvalue weighted by Crippen LogP contribution is 2.27. The lowest BCUT2D eigenvalue weighted by atomic mass is 9.84. The topological polar surface area (TPSA) is 49.3 Å². The van der Waals surface area contributed by atoms with Crippen LogP contribution in [0.2, 0.25) is 0 Å². The molecule has 0 heterocycles. The van der Waals surface area contributed by atoms with Crippen LogP contribution >= 0.6 is 0 Å². The minimum absolute atomic E-state index is 0.181. The molecule has 1 rings (SSSR count). The van der Waals surface area contributed by atoms with Crippen LogP contribution in [-0.2, 0) is 4.79 Å². The number of nitrogens with one attached hydrogen (secondary N) is 1. The summed E-state index contributed by atoms with van der Waals surface area (Å²) in [4.78, 5) is 10.8. The van der Waals surface area contributed by atoms with Gasteiger partial charge in [-0.05, 0) is 25.3 Å². The Bertz CT molecular complexity index is 200. The summed E-state index contributed by atoms with van der Waals surface area (Å²) in [6, 6.07) is 0.181. The highest BCUT2D eigenvalue weighted by molar-refractivity contribution is 5.67. The van der Waals surface area contributed by atoms with Crippen molar-refractivity contribution in [3.63, 3.8) is 0 Å². The molecule has 0 spiro atoms. The third kappa shape index (κ3) is 5.50. The van der Waals surface area contributed by atoms with E-state index in [0.717, 1.165) is 25.3 Å². The van der Waals surface area contributed by atoms with Crippen LogP contribution in [0.5, 0.6) is 0 Å². The van der Waals surface area contributed by atoms with Crippen molar-refractivity contribution in [1.29, 1.82) is 0 Å². The molecule has 1 saturated carbocycles. The Morgan fingerprint density at radius 2 is 2.06 bits per heavy atom. The first-order valence-electron chi connectivity index (χ1n) is 6.67. The average Bonchev–Trinajstić information content (AvgIpc) is 2.26. The molecule has 0 aromatic rings. The van der Waals surface area contributed by atoms with Gasteiger partial charge in [-0.2, -0.15) is 0 Å². The van der Waals surface area contributed by atoms with Crippen LogP contribution in [0.3, 0.4) is 0 Å². The Balaban J connectivity index is 2.31. The number of hydrogen-bond donors (Lipinski definition) is 2. The fraction of sp³-hybridized carbons (Fsp3) is 0.923. The molecule has 0 aromatic heterocycles. The Labute approximate surface area is 98.6 Å². The summed E-state index contributed by atoms with van der Waals surface area (Å²) in [6.07, 6.45) is 9.01. The summed E-state index contributed by atoms with van der Waals surface area (Å²) in [5.41, 5.74) is 0. The molecule has 0 bridgehead atoms. The molecule has 2 N–H and O–H groups in total. The maximum absolute atomic E-state index is 10.8. The van der Waals surface area contributed by atoms with E-state index >= 15 is 0 Å². The predicted molar refractivity (Wildman–Crippen MR) is 65.5 cm³/mol. The van der Waals surface area contributed by atoms with Crippen molar-refractivity contribution < 1.29 is 9.90 Å². The van der Waals surface area contributed by atoms with Crippen LogP contribution in [0.15, 0.2) is 0 Å². The first-order chi connectivity index (χ1) is 7.72. The molecule has 0 aliphatic heterocycles. The zero-order chi connectivity index (χ0) is 11.8. The first-order valence-corrected chi connectivity index (χ1v) is 6.67. The molecule has 0 radical (unpaired) electrons. The van der Waals surface area contributed by atoms with Gasteiger partial charge < -0.3 is 10.4 Å². The van der Waals surface area contributed by atoms with Gasteiger partial charge >= 0.3 is 5.97 Å². The Hall–Kier alpha value is -0.570. The lowest BCUT2D eigenvalue weighted by molar-refractivity contribution is -0.137. The van der Waals surface area contributed by atoms with Gasteiger partial charge in [0, 0.05) is 6.04 Å². The number of rotatable bonds is 7. The molecule has 1 aliphatic carbocycles. The van der Waals surface area contributed by atoms with Gasteiger partial charge in [-0.1, -0.05) is 39.0 Å². The van der Waals surface area contributed by atoms with Gasteiger partial charge in [0.25, 0.3) is 0 Å².